The van der Waals surface area contributed by atoms with Crippen molar-refractivity contribution in [3.8, 4) is 0 Å². The first kappa shape index (κ1) is 12.0. The molecule has 0 saturated carbocycles. The van der Waals surface area contributed by atoms with Crippen molar-refractivity contribution >= 4 is 11.5 Å². The first-order valence-corrected chi connectivity index (χ1v) is 6.75. The predicted octanol–water partition coefficient (Wildman–Crippen LogP) is 3.69. The molecule has 2 aromatic rings. The van der Waals surface area contributed by atoms with Gasteiger partial charge in [0.15, 0.2) is 5.78 Å². The number of Topliss-reactive ketones (excluding diaryl/α,β-unsaturated/α-hetero) is 1. The maximum Gasteiger partial charge on any atom is 0.165 e. The van der Waals surface area contributed by atoms with Gasteiger partial charge in [0, 0.05) is 23.7 Å². The molecule has 0 spiro atoms. The monoisotopic (exact) mass is 251 g/mol. The van der Waals surface area contributed by atoms with Crippen LogP contribution in [0.5, 0.6) is 0 Å². The molecule has 0 amide bonds. The van der Waals surface area contributed by atoms with Crippen LogP contribution in [0.25, 0.3) is 0 Å². The Labute approximate surface area is 113 Å². The Balaban J connectivity index is 1.81. The molecule has 0 fully saturated rings. The zero-order chi connectivity index (χ0) is 13.1. The number of rotatable bonds is 2. The molecule has 0 saturated heterocycles. The van der Waals surface area contributed by atoms with Crippen molar-refractivity contribution in [2.45, 2.75) is 25.3 Å². The highest BCUT2D eigenvalue weighted by Crippen LogP contribution is 2.25. The van der Waals surface area contributed by atoms with Gasteiger partial charge in [0.1, 0.15) is 0 Å². The molecule has 3 rings (SSSR count). The summed E-state index contributed by atoms with van der Waals surface area (Å²) in [6.07, 6.45) is 2.48. The van der Waals surface area contributed by atoms with E-state index in [0.717, 1.165) is 24.1 Å². The average Bonchev–Trinajstić information content (AvgIpc) is 2.60. The van der Waals surface area contributed by atoms with Crippen molar-refractivity contribution in [3.05, 3.63) is 65.7 Å². The largest absolute Gasteiger partial charge is 0.381 e. The molecule has 0 radical (unpaired) electrons. The van der Waals surface area contributed by atoms with Crippen LogP contribution < -0.4 is 5.32 Å². The van der Waals surface area contributed by atoms with E-state index in [1.807, 2.05) is 30.3 Å². The van der Waals surface area contributed by atoms with Gasteiger partial charge in [0.05, 0.1) is 0 Å². The topological polar surface area (TPSA) is 29.1 Å². The van der Waals surface area contributed by atoms with Crippen molar-refractivity contribution in [3.63, 3.8) is 0 Å². The first-order chi connectivity index (χ1) is 9.33. The van der Waals surface area contributed by atoms with Crippen molar-refractivity contribution in [1.82, 2.24) is 0 Å². The fourth-order valence-electron chi connectivity index (χ4n) is 2.64. The number of carbonyl (C=O) groups is 1. The van der Waals surface area contributed by atoms with Gasteiger partial charge in [0.25, 0.3) is 0 Å². The Kier molecular flexibility index (Phi) is 3.32. The quantitative estimate of drug-likeness (QED) is 0.882. The Morgan fingerprint density at radius 3 is 2.58 bits per heavy atom. The third-order valence-electron chi connectivity index (χ3n) is 3.63. The molecule has 2 aromatic carbocycles. The molecule has 1 atom stereocenters. The SMILES string of the molecule is O=C1CC[C@@H](Cc2ccccc2)Nc2ccccc21. The van der Waals surface area contributed by atoms with E-state index in [4.69, 9.17) is 0 Å². The second-order valence-corrected chi connectivity index (χ2v) is 5.04. The molecule has 19 heavy (non-hydrogen) atoms. The third kappa shape index (κ3) is 2.68. The van der Waals surface area contributed by atoms with Gasteiger partial charge in [0.2, 0.25) is 0 Å². The smallest absolute Gasteiger partial charge is 0.165 e. The van der Waals surface area contributed by atoms with Crippen LogP contribution in [0, 0.1) is 0 Å². The minimum absolute atomic E-state index is 0.249. The molecule has 0 aromatic heterocycles. The number of ketones is 1. The molecule has 0 bridgehead atoms. The van der Waals surface area contributed by atoms with Gasteiger partial charge in [-0.25, -0.2) is 0 Å². The van der Waals surface area contributed by atoms with Gasteiger partial charge < -0.3 is 5.32 Å². The number of para-hydroxylation sites is 1. The predicted molar refractivity (Wildman–Crippen MR) is 77.6 cm³/mol. The summed E-state index contributed by atoms with van der Waals surface area (Å²) < 4.78 is 0. The second kappa shape index (κ2) is 5.27. The molecular weight excluding hydrogens is 234 g/mol. The van der Waals surface area contributed by atoms with Gasteiger partial charge in [-0.1, -0.05) is 42.5 Å². The highest BCUT2D eigenvalue weighted by molar-refractivity contribution is 6.01. The second-order valence-electron chi connectivity index (χ2n) is 5.04. The zero-order valence-electron chi connectivity index (χ0n) is 10.8. The van der Waals surface area contributed by atoms with Crippen molar-refractivity contribution in [2.24, 2.45) is 0 Å². The maximum absolute atomic E-state index is 12.1. The van der Waals surface area contributed by atoms with Crippen LogP contribution in [-0.4, -0.2) is 11.8 Å². The zero-order valence-corrected chi connectivity index (χ0v) is 10.8. The van der Waals surface area contributed by atoms with E-state index >= 15 is 0 Å². The maximum atomic E-state index is 12.1. The summed E-state index contributed by atoms with van der Waals surface area (Å²) in [4.78, 5) is 12.1. The van der Waals surface area contributed by atoms with Crippen LogP contribution in [0.3, 0.4) is 0 Å². The fourth-order valence-corrected chi connectivity index (χ4v) is 2.64. The highest BCUT2D eigenvalue weighted by Gasteiger charge is 2.20. The summed E-state index contributed by atoms with van der Waals surface area (Å²) in [6.45, 7) is 0. The Morgan fingerprint density at radius 1 is 1.00 bits per heavy atom. The van der Waals surface area contributed by atoms with E-state index in [2.05, 4.69) is 29.6 Å². The lowest BCUT2D eigenvalue weighted by molar-refractivity contribution is 0.0981. The Bertz CT molecular complexity index is 577. The van der Waals surface area contributed by atoms with Crippen molar-refractivity contribution in [1.29, 1.82) is 0 Å². The van der Waals surface area contributed by atoms with E-state index < -0.39 is 0 Å². The summed E-state index contributed by atoms with van der Waals surface area (Å²) in [5.74, 6) is 0.249. The third-order valence-corrected chi connectivity index (χ3v) is 3.63. The van der Waals surface area contributed by atoms with E-state index in [1.165, 1.54) is 5.56 Å². The molecule has 1 aliphatic heterocycles. The number of hydrogen-bond donors (Lipinski definition) is 1. The fraction of sp³-hybridized carbons (Fsp3) is 0.235. The molecule has 2 nitrogen and oxygen atoms in total. The van der Waals surface area contributed by atoms with E-state index in [0.29, 0.717) is 12.5 Å². The minimum atomic E-state index is 0.249. The van der Waals surface area contributed by atoms with Crippen molar-refractivity contribution in [2.75, 3.05) is 5.32 Å². The molecule has 1 aliphatic rings. The van der Waals surface area contributed by atoms with Crippen LogP contribution in [0.2, 0.25) is 0 Å². The van der Waals surface area contributed by atoms with Crippen LogP contribution in [0.4, 0.5) is 5.69 Å². The van der Waals surface area contributed by atoms with E-state index in [9.17, 15) is 4.79 Å². The van der Waals surface area contributed by atoms with Crippen molar-refractivity contribution < 1.29 is 4.79 Å². The number of carbonyl (C=O) groups excluding carboxylic acids is 1. The highest BCUT2D eigenvalue weighted by atomic mass is 16.1. The molecule has 96 valence electrons. The summed E-state index contributed by atoms with van der Waals surface area (Å²) in [7, 11) is 0. The molecule has 1 heterocycles. The number of hydrogen-bond acceptors (Lipinski definition) is 2. The summed E-state index contributed by atoms with van der Waals surface area (Å²) in [5, 5.41) is 3.52. The van der Waals surface area contributed by atoms with Crippen LogP contribution in [-0.2, 0) is 6.42 Å². The number of nitrogens with one attached hydrogen (secondary N) is 1. The van der Waals surface area contributed by atoms with Crippen LogP contribution in [0.15, 0.2) is 54.6 Å². The van der Waals surface area contributed by atoms with E-state index in [-0.39, 0.29) is 5.78 Å². The summed E-state index contributed by atoms with van der Waals surface area (Å²) in [5.41, 5.74) is 3.12. The minimum Gasteiger partial charge on any atom is -0.381 e. The molecule has 2 heteroatoms. The summed E-state index contributed by atoms with van der Waals surface area (Å²) in [6, 6.07) is 18.6. The van der Waals surface area contributed by atoms with Crippen LogP contribution >= 0.6 is 0 Å². The Morgan fingerprint density at radius 2 is 1.74 bits per heavy atom. The number of benzene rings is 2. The first-order valence-electron chi connectivity index (χ1n) is 6.75. The molecule has 1 N–H and O–H groups in total. The number of anilines is 1. The molecular formula is C17H17NO. The van der Waals surface area contributed by atoms with Crippen LogP contribution in [0.1, 0.15) is 28.8 Å². The normalized spacial score (nSPS) is 18.3. The summed E-state index contributed by atoms with van der Waals surface area (Å²) >= 11 is 0. The number of fused-ring (bicyclic) bond motifs is 1. The molecule has 0 unspecified atom stereocenters. The lowest BCUT2D eigenvalue weighted by Crippen LogP contribution is -2.21. The lowest BCUT2D eigenvalue weighted by atomic mass is 10.0. The Hall–Kier alpha value is -2.09. The molecule has 0 aliphatic carbocycles. The van der Waals surface area contributed by atoms with Gasteiger partial charge >= 0.3 is 0 Å². The average molecular weight is 251 g/mol. The van der Waals surface area contributed by atoms with Gasteiger partial charge in [-0.2, -0.15) is 0 Å². The van der Waals surface area contributed by atoms with Gasteiger partial charge in [-0.3, -0.25) is 4.79 Å². The lowest BCUT2D eigenvalue weighted by Gasteiger charge is -2.17. The van der Waals surface area contributed by atoms with Gasteiger partial charge in [-0.15, -0.1) is 0 Å². The standard InChI is InChI=1S/C17H17NO/c19-17-11-10-14(12-13-6-2-1-3-7-13)18-16-9-5-4-8-15(16)17/h1-9,14,18H,10-12H2/t14-/m0/s1. The van der Waals surface area contributed by atoms with E-state index in [1.54, 1.807) is 0 Å². The van der Waals surface area contributed by atoms with Gasteiger partial charge in [-0.05, 0) is 30.5 Å².